The summed E-state index contributed by atoms with van der Waals surface area (Å²) in [4.78, 5) is 12.8. The molecule has 1 saturated carbocycles. The van der Waals surface area contributed by atoms with Crippen molar-refractivity contribution < 1.29 is 0 Å². The van der Waals surface area contributed by atoms with E-state index in [0.29, 0.717) is 17.8 Å². The number of anilines is 1. The third-order valence-corrected chi connectivity index (χ3v) is 2.68. The molecule has 2 rings (SSSR count). The Labute approximate surface area is 84.0 Å². The van der Waals surface area contributed by atoms with E-state index in [4.69, 9.17) is 5.73 Å². The maximum absolute atomic E-state index is 5.66. The number of nitrogen functional groups attached to an aromatic ring is 1. The quantitative estimate of drug-likeness (QED) is 0.793. The van der Waals surface area contributed by atoms with Crippen molar-refractivity contribution in [3.63, 3.8) is 0 Å². The molecule has 1 aromatic heterocycles. The van der Waals surface area contributed by atoms with Crippen molar-refractivity contribution in [3.05, 3.63) is 11.6 Å². The standard InChI is InChI=1S/C10H16N4/c1-3-6(2)8-12-9(7-4-5-7)14-10(11)13-8/h6-7H,3-5H2,1-2H3,(H2,11,12,13,14). The second-order valence-corrected chi connectivity index (χ2v) is 3.99. The van der Waals surface area contributed by atoms with Crippen molar-refractivity contribution in [2.45, 2.75) is 44.9 Å². The van der Waals surface area contributed by atoms with Crippen LogP contribution < -0.4 is 5.73 Å². The largest absolute Gasteiger partial charge is 0.368 e. The summed E-state index contributed by atoms with van der Waals surface area (Å²) in [6.07, 6.45) is 3.43. The summed E-state index contributed by atoms with van der Waals surface area (Å²) in [5, 5.41) is 0. The van der Waals surface area contributed by atoms with Gasteiger partial charge in [-0.1, -0.05) is 13.8 Å². The van der Waals surface area contributed by atoms with Crippen LogP contribution in [0, 0.1) is 0 Å². The van der Waals surface area contributed by atoms with Crippen LogP contribution in [0.2, 0.25) is 0 Å². The van der Waals surface area contributed by atoms with Crippen LogP contribution in [0.15, 0.2) is 0 Å². The van der Waals surface area contributed by atoms with E-state index in [1.807, 2.05) is 0 Å². The minimum Gasteiger partial charge on any atom is -0.368 e. The van der Waals surface area contributed by atoms with Crippen molar-refractivity contribution in [2.75, 3.05) is 5.73 Å². The zero-order chi connectivity index (χ0) is 10.1. The van der Waals surface area contributed by atoms with Crippen LogP contribution in [0.25, 0.3) is 0 Å². The molecule has 1 aliphatic rings. The third-order valence-electron chi connectivity index (χ3n) is 2.68. The number of hydrogen-bond donors (Lipinski definition) is 1. The molecule has 0 saturated heterocycles. The lowest BCUT2D eigenvalue weighted by Gasteiger charge is -2.08. The van der Waals surface area contributed by atoms with Gasteiger partial charge in [0.05, 0.1) is 0 Å². The average molecular weight is 192 g/mol. The summed E-state index contributed by atoms with van der Waals surface area (Å²) in [6.45, 7) is 4.24. The van der Waals surface area contributed by atoms with Crippen LogP contribution in [0.3, 0.4) is 0 Å². The molecule has 0 bridgehead atoms. The maximum Gasteiger partial charge on any atom is 0.223 e. The van der Waals surface area contributed by atoms with Crippen molar-refractivity contribution in [1.29, 1.82) is 0 Å². The smallest absolute Gasteiger partial charge is 0.223 e. The van der Waals surface area contributed by atoms with Crippen LogP contribution in [-0.2, 0) is 0 Å². The highest BCUT2D eigenvalue weighted by Gasteiger charge is 2.27. The minimum absolute atomic E-state index is 0.372. The van der Waals surface area contributed by atoms with Crippen LogP contribution in [0.4, 0.5) is 5.95 Å². The summed E-state index contributed by atoms with van der Waals surface area (Å²) >= 11 is 0. The topological polar surface area (TPSA) is 64.7 Å². The Morgan fingerprint density at radius 3 is 2.64 bits per heavy atom. The fraction of sp³-hybridized carbons (Fsp3) is 0.700. The summed E-state index contributed by atoms with van der Waals surface area (Å²) in [7, 11) is 0. The summed E-state index contributed by atoms with van der Waals surface area (Å²) in [5.74, 6) is 3.04. The first-order chi connectivity index (χ1) is 6.70. The molecular weight excluding hydrogens is 176 g/mol. The van der Waals surface area contributed by atoms with E-state index in [1.54, 1.807) is 0 Å². The van der Waals surface area contributed by atoms with Crippen LogP contribution in [0.5, 0.6) is 0 Å². The number of rotatable bonds is 3. The predicted molar refractivity (Wildman–Crippen MR) is 54.9 cm³/mol. The van der Waals surface area contributed by atoms with E-state index >= 15 is 0 Å². The molecular formula is C10H16N4. The number of hydrogen-bond acceptors (Lipinski definition) is 4. The SMILES string of the molecule is CCC(C)c1nc(N)nc(C2CC2)n1. The minimum atomic E-state index is 0.372. The summed E-state index contributed by atoms with van der Waals surface area (Å²) < 4.78 is 0. The van der Waals surface area contributed by atoms with Crippen LogP contribution in [-0.4, -0.2) is 15.0 Å². The van der Waals surface area contributed by atoms with Gasteiger partial charge in [0.25, 0.3) is 0 Å². The second-order valence-electron chi connectivity index (χ2n) is 3.99. The molecule has 4 nitrogen and oxygen atoms in total. The van der Waals surface area contributed by atoms with Crippen molar-refractivity contribution >= 4 is 5.95 Å². The third kappa shape index (κ3) is 1.84. The lowest BCUT2D eigenvalue weighted by molar-refractivity contribution is 0.661. The van der Waals surface area contributed by atoms with Gasteiger partial charge in [-0.05, 0) is 19.3 Å². The van der Waals surface area contributed by atoms with Gasteiger partial charge in [0.15, 0.2) is 0 Å². The van der Waals surface area contributed by atoms with Gasteiger partial charge in [-0.3, -0.25) is 0 Å². The van der Waals surface area contributed by atoms with Gasteiger partial charge in [0.2, 0.25) is 5.95 Å². The number of aromatic nitrogens is 3. The Bertz CT molecular complexity index is 333. The zero-order valence-electron chi connectivity index (χ0n) is 8.70. The lowest BCUT2D eigenvalue weighted by atomic mass is 10.1. The zero-order valence-corrected chi connectivity index (χ0v) is 8.70. The molecule has 1 heterocycles. The van der Waals surface area contributed by atoms with Gasteiger partial charge in [-0.15, -0.1) is 0 Å². The van der Waals surface area contributed by atoms with Gasteiger partial charge in [0.1, 0.15) is 11.6 Å². The van der Waals surface area contributed by atoms with E-state index in [-0.39, 0.29) is 0 Å². The van der Waals surface area contributed by atoms with Crippen LogP contribution in [0.1, 0.15) is 56.6 Å². The van der Waals surface area contributed by atoms with E-state index in [0.717, 1.165) is 18.1 Å². The number of nitrogens with two attached hydrogens (primary N) is 1. The van der Waals surface area contributed by atoms with Crippen molar-refractivity contribution in [2.24, 2.45) is 0 Å². The highest BCUT2D eigenvalue weighted by atomic mass is 15.1. The molecule has 0 amide bonds. The second kappa shape index (κ2) is 3.52. The summed E-state index contributed by atoms with van der Waals surface area (Å²) in [6, 6.07) is 0. The molecule has 1 fully saturated rings. The molecule has 1 unspecified atom stereocenters. The highest BCUT2D eigenvalue weighted by Crippen LogP contribution is 2.38. The van der Waals surface area contributed by atoms with E-state index < -0.39 is 0 Å². The van der Waals surface area contributed by atoms with Gasteiger partial charge in [-0.25, -0.2) is 4.98 Å². The first kappa shape index (κ1) is 9.37. The Morgan fingerprint density at radius 2 is 2.07 bits per heavy atom. The highest BCUT2D eigenvalue weighted by molar-refractivity contribution is 5.20. The average Bonchev–Trinajstić information content (AvgIpc) is 2.98. The molecule has 0 spiro atoms. The van der Waals surface area contributed by atoms with Gasteiger partial charge < -0.3 is 5.73 Å². The molecule has 0 aromatic carbocycles. The summed E-state index contributed by atoms with van der Waals surface area (Å²) in [5.41, 5.74) is 5.66. The molecule has 4 heteroatoms. The van der Waals surface area contributed by atoms with E-state index in [2.05, 4.69) is 28.8 Å². The maximum atomic E-state index is 5.66. The molecule has 0 aliphatic heterocycles. The molecule has 1 aliphatic carbocycles. The first-order valence-corrected chi connectivity index (χ1v) is 5.22. The molecule has 2 N–H and O–H groups in total. The van der Waals surface area contributed by atoms with Gasteiger partial charge in [0, 0.05) is 11.8 Å². The Morgan fingerprint density at radius 1 is 1.36 bits per heavy atom. The predicted octanol–water partition coefficient (Wildman–Crippen LogP) is 1.84. The molecule has 1 aromatic rings. The van der Waals surface area contributed by atoms with Crippen molar-refractivity contribution in [1.82, 2.24) is 15.0 Å². The monoisotopic (exact) mass is 192 g/mol. The fourth-order valence-electron chi connectivity index (χ4n) is 1.35. The fourth-order valence-corrected chi connectivity index (χ4v) is 1.35. The van der Waals surface area contributed by atoms with Gasteiger partial charge >= 0.3 is 0 Å². The van der Waals surface area contributed by atoms with Crippen molar-refractivity contribution in [3.8, 4) is 0 Å². The normalized spacial score (nSPS) is 18.1. The molecule has 1 atom stereocenters. The van der Waals surface area contributed by atoms with Gasteiger partial charge in [-0.2, -0.15) is 9.97 Å². The van der Waals surface area contributed by atoms with E-state index in [9.17, 15) is 0 Å². The first-order valence-electron chi connectivity index (χ1n) is 5.22. The lowest BCUT2D eigenvalue weighted by Crippen LogP contribution is -2.08. The molecule has 14 heavy (non-hydrogen) atoms. The number of nitrogens with zero attached hydrogens (tertiary/aromatic N) is 3. The van der Waals surface area contributed by atoms with E-state index in [1.165, 1.54) is 12.8 Å². The molecule has 76 valence electrons. The Kier molecular flexibility index (Phi) is 2.35. The Balaban J connectivity index is 2.30. The Hall–Kier alpha value is -1.19. The van der Waals surface area contributed by atoms with Crippen LogP contribution >= 0.6 is 0 Å². The molecule has 0 radical (unpaired) electrons.